The molecular formula is C18H20FNOS. The second-order valence-corrected chi connectivity index (χ2v) is 6.84. The number of hydrogen-bond acceptors (Lipinski definition) is 2. The van der Waals surface area contributed by atoms with Gasteiger partial charge in [-0.05, 0) is 43.7 Å². The summed E-state index contributed by atoms with van der Waals surface area (Å²) in [6.07, 6.45) is 3.33. The average Bonchev–Trinajstić information content (AvgIpc) is 3.20. The summed E-state index contributed by atoms with van der Waals surface area (Å²) in [6.45, 7) is 1.93. The van der Waals surface area contributed by atoms with Gasteiger partial charge in [-0.15, -0.1) is 11.3 Å². The van der Waals surface area contributed by atoms with Crippen molar-refractivity contribution in [3.8, 4) is 0 Å². The van der Waals surface area contributed by atoms with Crippen LogP contribution in [0.15, 0.2) is 41.8 Å². The fourth-order valence-corrected chi connectivity index (χ4v) is 3.58. The number of halogens is 1. The number of thiophene rings is 1. The molecule has 2 aromatic rings. The number of amides is 1. The van der Waals surface area contributed by atoms with Gasteiger partial charge in [0.05, 0.1) is 6.04 Å². The van der Waals surface area contributed by atoms with E-state index in [1.54, 1.807) is 23.5 Å². The third-order valence-corrected chi connectivity index (χ3v) is 5.10. The number of hydrogen-bond donors (Lipinski definition) is 0. The minimum absolute atomic E-state index is 0.131. The molecule has 1 aromatic carbocycles. The van der Waals surface area contributed by atoms with E-state index in [2.05, 4.69) is 6.07 Å². The highest BCUT2D eigenvalue weighted by molar-refractivity contribution is 7.09. The second-order valence-electron chi connectivity index (χ2n) is 5.81. The van der Waals surface area contributed by atoms with E-state index in [1.807, 2.05) is 29.3 Å². The zero-order chi connectivity index (χ0) is 15.5. The Morgan fingerprint density at radius 3 is 2.73 bits per heavy atom. The van der Waals surface area contributed by atoms with Crippen LogP contribution in [-0.2, 0) is 11.2 Å². The van der Waals surface area contributed by atoms with E-state index in [0.29, 0.717) is 12.0 Å². The van der Waals surface area contributed by atoms with E-state index in [0.717, 1.165) is 19.3 Å². The SMILES string of the molecule is CC(c1ccccc1F)N(C(=O)CCc1cccs1)C1CC1. The largest absolute Gasteiger partial charge is 0.333 e. The van der Waals surface area contributed by atoms with Crippen molar-refractivity contribution in [2.75, 3.05) is 0 Å². The van der Waals surface area contributed by atoms with Crippen molar-refractivity contribution < 1.29 is 9.18 Å². The monoisotopic (exact) mass is 317 g/mol. The Bertz CT molecular complexity index is 636. The first kappa shape index (κ1) is 15.2. The van der Waals surface area contributed by atoms with Gasteiger partial charge in [-0.3, -0.25) is 4.79 Å². The topological polar surface area (TPSA) is 20.3 Å². The third kappa shape index (κ3) is 3.38. The van der Waals surface area contributed by atoms with Crippen LogP contribution in [0.4, 0.5) is 4.39 Å². The van der Waals surface area contributed by atoms with Gasteiger partial charge in [-0.1, -0.05) is 24.3 Å². The van der Waals surface area contributed by atoms with Crippen LogP contribution in [0, 0.1) is 5.82 Å². The fourth-order valence-electron chi connectivity index (χ4n) is 2.87. The Balaban J connectivity index is 1.72. The first-order valence-electron chi connectivity index (χ1n) is 7.75. The van der Waals surface area contributed by atoms with E-state index in [4.69, 9.17) is 0 Å². The average molecular weight is 317 g/mol. The van der Waals surface area contributed by atoms with Crippen molar-refractivity contribution in [3.63, 3.8) is 0 Å². The normalized spacial score (nSPS) is 15.5. The lowest BCUT2D eigenvalue weighted by Gasteiger charge is -2.30. The molecule has 1 saturated carbocycles. The number of aryl methyl sites for hydroxylation is 1. The summed E-state index contributed by atoms with van der Waals surface area (Å²) in [6, 6.07) is 10.9. The molecule has 116 valence electrons. The Morgan fingerprint density at radius 1 is 1.32 bits per heavy atom. The Morgan fingerprint density at radius 2 is 2.09 bits per heavy atom. The summed E-state index contributed by atoms with van der Waals surface area (Å²) < 4.78 is 14.0. The highest BCUT2D eigenvalue weighted by atomic mass is 32.1. The lowest BCUT2D eigenvalue weighted by atomic mass is 10.1. The van der Waals surface area contributed by atoms with Gasteiger partial charge in [0.1, 0.15) is 5.82 Å². The molecule has 1 amide bonds. The predicted molar refractivity (Wildman–Crippen MR) is 87.3 cm³/mol. The molecule has 1 aromatic heterocycles. The number of carbonyl (C=O) groups excluding carboxylic acids is 1. The van der Waals surface area contributed by atoms with Crippen LogP contribution in [0.1, 0.15) is 42.7 Å². The van der Waals surface area contributed by atoms with Crippen molar-refractivity contribution in [2.45, 2.75) is 44.7 Å². The maximum Gasteiger partial charge on any atom is 0.223 e. The second kappa shape index (κ2) is 6.61. The van der Waals surface area contributed by atoms with Gasteiger partial charge in [0.2, 0.25) is 5.91 Å². The molecule has 0 saturated heterocycles. The summed E-state index contributed by atoms with van der Waals surface area (Å²) in [5, 5.41) is 2.03. The van der Waals surface area contributed by atoms with E-state index >= 15 is 0 Å². The summed E-state index contributed by atoms with van der Waals surface area (Å²) in [7, 11) is 0. The van der Waals surface area contributed by atoms with Crippen molar-refractivity contribution in [3.05, 3.63) is 58.0 Å². The maximum absolute atomic E-state index is 14.0. The van der Waals surface area contributed by atoms with Crippen LogP contribution < -0.4 is 0 Å². The molecule has 1 fully saturated rings. The Kier molecular flexibility index (Phi) is 4.57. The quantitative estimate of drug-likeness (QED) is 0.764. The standard InChI is InChI=1S/C18H20FNOS/c1-13(16-6-2-3-7-17(16)19)20(14-8-9-14)18(21)11-10-15-5-4-12-22-15/h2-7,12-14H,8-11H2,1H3. The van der Waals surface area contributed by atoms with Crippen molar-refractivity contribution in [1.82, 2.24) is 4.90 Å². The molecule has 0 N–H and O–H groups in total. The van der Waals surface area contributed by atoms with Gasteiger partial charge in [0.15, 0.2) is 0 Å². The molecule has 22 heavy (non-hydrogen) atoms. The molecular weight excluding hydrogens is 297 g/mol. The minimum atomic E-state index is -0.230. The van der Waals surface area contributed by atoms with E-state index in [9.17, 15) is 9.18 Å². The molecule has 0 bridgehead atoms. The molecule has 3 rings (SSSR count). The molecule has 0 spiro atoms. The molecule has 0 aliphatic heterocycles. The lowest BCUT2D eigenvalue weighted by Crippen LogP contribution is -2.36. The van der Waals surface area contributed by atoms with Gasteiger partial charge >= 0.3 is 0 Å². The summed E-state index contributed by atoms with van der Waals surface area (Å²) in [5.74, 6) is -0.0987. The van der Waals surface area contributed by atoms with Crippen LogP contribution in [0.2, 0.25) is 0 Å². The fraction of sp³-hybridized carbons (Fsp3) is 0.389. The third-order valence-electron chi connectivity index (χ3n) is 4.17. The highest BCUT2D eigenvalue weighted by Crippen LogP contribution is 2.35. The first-order chi connectivity index (χ1) is 10.7. The maximum atomic E-state index is 14.0. The summed E-state index contributed by atoms with van der Waals surface area (Å²) >= 11 is 1.68. The minimum Gasteiger partial charge on any atom is -0.333 e. The van der Waals surface area contributed by atoms with Crippen LogP contribution in [-0.4, -0.2) is 16.8 Å². The van der Waals surface area contributed by atoms with Crippen LogP contribution in [0.3, 0.4) is 0 Å². The number of carbonyl (C=O) groups is 1. The highest BCUT2D eigenvalue weighted by Gasteiger charge is 2.36. The van der Waals surface area contributed by atoms with Crippen LogP contribution in [0.25, 0.3) is 0 Å². The van der Waals surface area contributed by atoms with Gasteiger partial charge in [0.25, 0.3) is 0 Å². The molecule has 1 heterocycles. The molecule has 1 atom stereocenters. The van der Waals surface area contributed by atoms with Crippen molar-refractivity contribution in [2.24, 2.45) is 0 Å². The molecule has 1 aliphatic rings. The Labute approximate surface area is 134 Å². The number of nitrogens with zero attached hydrogens (tertiary/aromatic N) is 1. The van der Waals surface area contributed by atoms with Crippen LogP contribution in [0.5, 0.6) is 0 Å². The van der Waals surface area contributed by atoms with Gasteiger partial charge in [-0.2, -0.15) is 0 Å². The summed E-state index contributed by atoms with van der Waals surface area (Å²) in [5.41, 5.74) is 0.610. The number of rotatable bonds is 6. The van der Waals surface area contributed by atoms with Gasteiger partial charge < -0.3 is 4.90 Å². The predicted octanol–water partition coefficient (Wildman–Crippen LogP) is 4.57. The van der Waals surface area contributed by atoms with E-state index in [1.165, 1.54) is 10.9 Å². The summed E-state index contributed by atoms with van der Waals surface area (Å²) in [4.78, 5) is 15.8. The van der Waals surface area contributed by atoms with E-state index in [-0.39, 0.29) is 23.8 Å². The Hall–Kier alpha value is -1.68. The molecule has 0 radical (unpaired) electrons. The molecule has 2 nitrogen and oxygen atoms in total. The molecule has 4 heteroatoms. The zero-order valence-electron chi connectivity index (χ0n) is 12.7. The smallest absolute Gasteiger partial charge is 0.223 e. The lowest BCUT2D eigenvalue weighted by molar-refractivity contribution is -0.134. The van der Waals surface area contributed by atoms with Crippen LogP contribution >= 0.6 is 11.3 Å². The molecule has 1 aliphatic carbocycles. The zero-order valence-corrected chi connectivity index (χ0v) is 13.5. The van der Waals surface area contributed by atoms with Gasteiger partial charge in [-0.25, -0.2) is 4.39 Å². The van der Waals surface area contributed by atoms with Gasteiger partial charge in [0, 0.05) is 22.9 Å². The van der Waals surface area contributed by atoms with Crippen molar-refractivity contribution in [1.29, 1.82) is 0 Å². The first-order valence-corrected chi connectivity index (χ1v) is 8.62. The van der Waals surface area contributed by atoms with E-state index < -0.39 is 0 Å². The van der Waals surface area contributed by atoms with Crippen molar-refractivity contribution >= 4 is 17.2 Å². The molecule has 1 unspecified atom stereocenters. The number of benzene rings is 1.